The van der Waals surface area contributed by atoms with Gasteiger partial charge in [0, 0.05) is 11.8 Å². The number of nitrogens with one attached hydrogen (secondary N) is 2. The zero-order valence-corrected chi connectivity index (χ0v) is 13.7. The molecule has 1 saturated carbocycles. The number of nitrogens with zero attached hydrogens (tertiary/aromatic N) is 1. The highest BCUT2D eigenvalue weighted by molar-refractivity contribution is 6.10. The van der Waals surface area contributed by atoms with Crippen molar-refractivity contribution >= 4 is 23.5 Å². The molecule has 1 aromatic carbocycles. The maximum Gasteiger partial charge on any atom is 0.586 e. The van der Waals surface area contributed by atoms with Crippen LogP contribution in [0.4, 0.5) is 19.3 Å². The minimum absolute atomic E-state index is 0.0857. The van der Waals surface area contributed by atoms with Gasteiger partial charge in [0.05, 0.1) is 0 Å². The number of carbonyl (C=O) groups excluding carboxylic acids is 3. The maximum atomic E-state index is 13.0. The van der Waals surface area contributed by atoms with Gasteiger partial charge in [0.2, 0.25) is 5.91 Å². The summed E-state index contributed by atoms with van der Waals surface area (Å²) in [5.74, 6) is -1.36. The van der Waals surface area contributed by atoms with E-state index in [1.807, 2.05) is 0 Å². The maximum absolute atomic E-state index is 13.0. The summed E-state index contributed by atoms with van der Waals surface area (Å²) in [6.07, 6.45) is -2.05. The van der Waals surface area contributed by atoms with Crippen molar-refractivity contribution in [2.45, 2.75) is 31.6 Å². The number of hydrogen-bond donors (Lipinski definition) is 2. The van der Waals surface area contributed by atoms with Gasteiger partial charge in [-0.2, -0.15) is 0 Å². The van der Waals surface area contributed by atoms with Crippen LogP contribution in [0.15, 0.2) is 18.2 Å². The van der Waals surface area contributed by atoms with Crippen LogP contribution in [-0.2, 0) is 9.59 Å². The van der Waals surface area contributed by atoms with Gasteiger partial charge in [0.1, 0.15) is 12.1 Å². The first-order valence-corrected chi connectivity index (χ1v) is 8.02. The van der Waals surface area contributed by atoms with E-state index in [-0.39, 0.29) is 23.1 Å². The van der Waals surface area contributed by atoms with Crippen LogP contribution in [0.2, 0.25) is 0 Å². The quantitative estimate of drug-likeness (QED) is 0.789. The van der Waals surface area contributed by atoms with Crippen molar-refractivity contribution in [3.63, 3.8) is 0 Å². The zero-order chi connectivity index (χ0) is 18.7. The summed E-state index contributed by atoms with van der Waals surface area (Å²) >= 11 is 0. The number of benzene rings is 1. The highest BCUT2D eigenvalue weighted by atomic mass is 19.3. The highest BCUT2D eigenvalue weighted by Crippen LogP contribution is 2.43. The van der Waals surface area contributed by atoms with Crippen molar-refractivity contribution < 1.29 is 32.6 Å². The van der Waals surface area contributed by atoms with Crippen molar-refractivity contribution in [1.82, 2.24) is 10.2 Å². The molecule has 138 valence electrons. The van der Waals surface area contributed by atoms with E-state index in [9.17, 15) is 23.2 Å². The van der Waals surface area contributed by atoms with Gasteiger partial charge in [-0.1, -0.05) is 0 Å². The van der Waals surface area contributed by atoms with E-state index in [1.54, 1.807) is 6.92 Å². The number of hydrogen-bond acceptors (Lipinski definition) is 5. The lowest BCUT2D eigenvalue weighted by Gasteiger charge is -2.20. The monoisotopic (exact) mass is 367 g/mol. The lowest BCUT2D eigenvalue weighted by atomic mass is 9.96. The van der Waals surface area contributed by atoms with Gasteiger partial charge in [0.15, 0.2) is 11.5 Å². The summed E-state index contributed by atoms with van der Waals surface area (Å²) in [6, 6.07) is 3.13. The third kappa shape index (κ3) is 2.71. The molecule has 0 spiro atoms. The highest BCUT2D eigenvalue weighted by Gasteiger charge is 2.56. The Bertz CT molecular complexity index is 826. The number of carbonyl (C=O) groups is 3. The number of alkyl halides is 2. The second-order valence-electron chi connectivity index (χ2n) is 6.68. The predicted octanol–water partition coefficient (Wildman–Crippen LogP) is 1.67. The van der Waals surface area contributed by atoms with Crippen molar-refractivity contribution in [3.8, 4) is 11.5 Å². The van der Waals surface area contributed by atoms with E-state index in [0.29, 0.717) is 0 Å². The van der Waals surface area contributed by atoms with Crippen LogP contribution < -0.4 is 20.1 Å². The SMILES string of the molecule is C[C@@]1(C2CC2)NC(=O)N(CC(=O)Nc2ccc3c(c2)OC(F)(F)O3)C1=O. The molecular weight excluding hydrogens is 352 g/mol. The fourth-order valence-corrected chi connectivity index (χ4v) is 3.17. The molecule has 0 aromatic heterocycles. The Kier molecular flexibility index (Phi) is 3.37. The van der Waals surface area contributed by atoms with E-state index in [1.165, 1.54) is 18.2 Å². The van der Waals surface area contributed by atoms with Gasteiger partial charge in [-0.15, -0.1) is 8.78 Å². The number of amides is 4. The molecule has 1 saturated heterocycles. The van der Waals surface area contributed by atoms with E-state index < -0.39 is 36.2 Å². The fourth-order valence-electron chi connectivity index (χ4n) is 3.17. The first-order valence-electron chi connectivity index (χ1n) is 8.02. The molecule has 1 atom stereocenters. The minimum Gasteiger partial charge on any atom is -0.395 e. The second kappa shape index (κ2) is 5.29. The number of imide groups is 1. The number of halogens is 2. The summed E-state index contributed by atoms with van der Waals surface area (Å²) in [4.78, 5) is 37.5. The summed E-state index contributed by atoms with van der Waals surface area (Å²) in [5, 5.41) is 5.09. The number of rotatable bonds is 4. The molecule has 0 unspecified atom stereocenters. The Hall–Kier alpha value is -2.91. The fraction of sp³-hybridized carbons (Fsp3) is 0.438. The van der Waals surface area contributed by atoms with E-state index in [0.717, 1.165) is 17.7 Å². The van der Waals surface area contributed by atoms with E-state index in [2.05, 4.69) is 20.1 Å². The van der Waals surface area contributed by atoms with Gasteiger partial charge in [-0.25, -0.2) is 4.79 Å². The number of urea groups is 1. The molecule has 1 aromatic rings. The van der Waals surface area contributed by atoms with Crippen LogP contribution in [0.1, 0.15) is 19.8 Å². The van der Waals surface area contributed by atoms with Crippen LogP contribution in [0.3, 0.4) is 0 Å². The number of ether oxygens (including phenoxy) is 2. The van der Waals surface area contributed by atoms with Crippen molar-refractivity contribution in [2.24, 2.45) is 5.92 Å². The Labute approximate surface area is 146 Å². The van der Waals surface area contributed by atoms with Gasteiger partial charge in [0.25, 0.3) is 5.91 Å². The lowest BCUT2D eigenvalue weighted by Crippen LogP contribution is -2.46. The molecule has 0 bridgehead atoms. The van der Waals surface area contributed by atoms with Crippen LogP contribution in [0.25, 0.3) is 0 Å². The number of anilines is 1. The Balaban J connectivity index is 1.42. The van der Waals surface area contributed by atoms with Crippen LogP contribution in [0.5, 0.6) is 11.5 Å². The number of fused-ring (bicyclic) bond motifs is 1. The third-order valence-corrected chi connectivity index (χ3v) is 4.68. The molecule has 2 fully saturated rings. The standard InChI is InChI=1S/C16H15F2N3O5/c1-15(8-2-3-8)13(23)21(14(24)20-15)7-12(22)19-9-4-5-10-11(6-9)26-16(17,18)25-10/h4-6,8H,2-3,7H2,1H3,(H,19,22)(H,20,24)/t15-/m0/s1. The van der Waals surface area contributed by atoms with E-state index >= 15 is 0 Å². The topological polar surface area (TPSA) is 97.0 Å². The van der Waals surface area contributed by atoms with Crippen molar-refractivity contribution in [2.75, 3.05) is 11.9 Å². The average Bonchev–Trinajstić information content (AvgIpc) is 3.31. The lowest BCUT2D eigenvalue weighted by molar-refractivity contribution is -0.286. The largest absolute Gasteiger partial charge is 0.586 e. The molecule has 2 aliphatic heterocycles. The molecule has 4 amide bonds. The smallest absolute Gasteiger partial charge is 0.395 e. The van der Waals surface area contributed by atoms with E-state index in [4.69, 9.17) is 0 Å². The molecule has 0 radical (unpaired) electrons. The summed E-state index contributed by atoms with van der Waals surface area (Å²) < 4.78 is 34.6. The molecule has 2 N–H and O–H groups in total. The normalized spacial score (nSPS) is 26.0. The summed E-state index contributed by atoms with van der Waals surface area (Å²) in [6.45, 7) is 1.18. The first-order chi connectivity index (χ1) is 12.2. The van der Waals surface area contributed by atoms with Crippen molar-refractivity contribution in [1.29, 1.82) is 0 Å². The Morgan fingerprint density at radius 3 is 2.69 bits per heavy atom. The minimum atomic E-state index is -3.75. The molecule has 10 heteroatoms. The summed E-state index contributed by atoms with van der Waals surface area (Å²) in [7, 11) is 0. The van der Waals surface area contributed by atoms with Gasteiger partial charge >= 0.3 is 12.3 Å². The third-order valence-electron chi connectivity index (χ3n) is 4.68. The predicted molar refractivity (Wildman–Crippen MR) is 82.6 cm³/mol. The van der Waals surface area contributed by atoms with Crippen LogP contribution >= 0.6 is 0 Å². The molecule has 3 aliphatic rings. The zero-order valence-electron chi connectivity index (χ0n) is 13.7. The first kappa shape index (κ1) is 16.6. The molecular formula is C16H15F2N3O5. The van der Waals surface area contributed by atoms with Crippen LogP contribution in [0, 0.1) is 5.92 Å². The van der Waals surface area contributed by atoms with Gasteiger partial charge in [-0.3, -0.25) is 14.5 Å². The molecule has 1 aliphatic carbocycles. The average molecular weight is 367 g/mol. The molecule has 26 heavy (non-hydrogen) atoms. The summed E-state index contributed by atoms with van der Waals surface area (Å²) in [5.41, 5.74) is -0.797. The molecule has 4 rings (SSSR count). The Morgan fingerprint density at radius 1 is 1.31 bits per heavy atom. The second-order valence-corrected chi connectivity index (χ2v) is 6.68. The van der Waals surface area contributed by atoms with Crippen LogP contribution in [-0.4, -0.2) is 41.1 Å². The molecule has 2 heterocycles. The Morgan fingerprint density at radius 2 is 2.00 bits per heavy atom. The molecule has 8 nitrogen and oxygen atoms in total. The van der Waals surface area contributed by atoms with Crippen molar-refractivity contribution in [3.05, 3.63) is 18.2 Å². The van der Waals surface area contributed by atoms with Gasteiger partial charge in [-0.05, 0) is 37.8 Å². The van der Waals surface area contributed by atoms with Gasteiger partial charge < -0.3 is 20.1 Å².